The molecule has 0 saturated carbocycles. The fourth-order valence-electron chi connectivity index (χ4n) is 1.68. The summed E-state index contributed by atoms with van der Waals surface area (Å²) < 4.78 is 0. The van der Waals surface area contributed by atoms with Gasteiger partial charge in [0.1, 0.15) is 0 Å². The lowest BCUT2D eigenvalue weighted by Gasteiger charge is -2.06. The quantitative estimate of drug-likeness (QED) is 0.758. The number of hydrogen-bond donors (Lipinski definition) is 2. The third kappa shape index (κ3) is 4.09. The summed E-state index contributed by atoms with van der Waals surface area (Å²) >= 11 is 1.05. The number of carbonyl (C=O) groups is 2. The van der Waals surface area contributed by atoms with Crippen molar-refractivity contribution in [2.75, 3.05) is 0 Å². The minimum atomic E-state index is -1.26. The van der Waals surface area contributed by atoms with Crippen LogP contribution in [0.15, 0.2) is 35.9 Å². The highest BCUT2D eigenvalue weighted by Crippen LogP contribution is 2.22. The molecule has 1 fully saturated rings. The highest BCUT2D eigenvalue weighted by molar-refractivity contribution is 8.15. The van der Waals surface area contributed by atoms with Gasteiger partial charge in [-0.15, -0.1) is 5.10 Å². The molecule has 0 radical (unpaired) electrons. The third-order valence-electron chi connectivity index (χ3n) is 2.82. The number of thioether (sulfide) groups is 1. The summed E-state index contributed by atoms with van der Waals surface area (Å²) in [5.41, 5.74) is 5.35. The first-order valence-corrected chi connectivity index (χ1v) is 7.10. The van der Waals surface area contributed by atoms with Crippen molar-refractivity contribution in [3.63, 3.8) is 0 Å². The van der Waals surface area contributed by atoms with Crippen molar-refractivity contribution in [2.45, 2.75) is 18.6 Å². The number of hydrogen-bond acceptors (Lipinski definition) is 6. The minimum Gasteiger partial charge on any atom is -0.550 e. The molecule has 0 aromatic heterocycles. The van der Waals surface area contributed by atoms with Crippen molar-refractivity contribution in [2.24, 2.45) is 5.10 Å². The molecule has 1 aliphatic heterocycles. The van der Waals surface area contributed by atoms with Crippen LogP contribution in [0.2, 0.25) is 0 Å². The summed E-state index contributed by atoms with van der Waals surface area (Å²) in [5.74, 6) is -1.65. The van der Waals surface area contributed by atoms with Crippen molar-refractivity contribution in [1.82, 2.24) is 10.7 Å². The van der Waals surface area contributed by atoms with E-state index in [-0.39, 0.29) is 12.3 Å². The van der Waals surface area contributed by atoms with Gasteiger partial charge in [0.15, 0.2) is 5.17 Å². The van der Waals surface area contributed by atoms with Gasteiger partial charge in [-0.1, -0.05) is 48.2 Å². The Balaban J connectivity index is 1.95. The number of amides is 1. The topological polar surface area (TPSA) is 93.6 Å². The molecule has 1 unspecified atom stereocenters. The van der Waals surface area contributed by atoms with Crippen LogP contribution in [-0.4, -0.2) is 22.3 Å². The number of nitrogens with one attached hydrogen (secondary N) is 2. The maximum Gasteiger partial charge on any atom is 0.239 e. The lowest BCUT2D eigenvalue weighted by molar-refractivity contribution is -0.305. The smallest absolute Gasteiger partial charge is 0.239 e. The van der Waals surface area contributed by atoms with Gasteiger partial charge in [0.2, 0.25) is 5.91 Å². The molecular weight excluding hydrogens is 290 g/mol. The van der Waals surface area contributed by atoms with Gasteiger partial charge in [0.25, 0.3) is 0 Å². The molecule has 2 rings (SSSR count). The molecule has 1 atom stereocenters. The Kier molecular flexibility index (Phi) is 4.64. The fraction of sp³-hybridized carbons (Fsp3) is 0.214. The second-order valence-electron chi connectivity index (χ2n) is 4.55. The van der Waals surface area contributed by atoms with E-state index in [0.29, 0.717) is 10.9 Å². The summed E-state index contributed by atoms with van der Waals surface area (Å²) in [6.07, 6.45) is -0.339. The van der Waals surface area contributed by atoms with Crippen molar-refractivity contribution >= 4 is 34.5 Å². The van der Waals surface area contributed by atoms with Gasteiger partial charge < -0.3 is 15.2 Å². The van der Waals surface area contributed by atoms with E-state index >= 15 is 0 Å². The molecule has 6 nitrogen and oxygen atoms in total. The predicted octanol–water partition coefficient (Wildman–Crippen LogP) is 0.198. The monoisotopic (exact) mass is 304 g/mol. The molecule has 1 saturated heterocycles. The number of aryl methyl sites for hydroxylation is 1. The van der Waals surface area contributed by atoms with Crippen LogP contribution >= 0.6 is 11.8 Å². The Morgan fingerprint density at radius 2 is 2.14 bits per heavy atom. The minimum absolute atomic E-state index is 0.319. The van der Waals surface area contributed by atoms with Gasteiger partial charge >= 0.3 is 0 Å². The second-order valence-corrected chi connectivity index (χ2v) is 5.74. The third-order valence-corrected chi connectivity index (χ3v) is 3.90. The number of nitrogens with zero attached hydrogens (tertiary/aromatic N) is 1. The van der Waals surface area contributed by atoms with Gasteiger partial charge in [0, 0.05) is 12.4 Å². The average Bonchev–Trinajstić information content (AvgIpc) is 2.77. The largest absolute Gasteiger partial charge is 0.550 e. The number of amidine groups is 1. The van der Waals surface area contributed by atoms with Crippen LogP contribution in [0.4, 0.5) is 0 Å². The van der Waals surface area contributed by atoms with Crippen molar-refractivity contribution in [3.8, 4) is 0 Å². The van der Waals surface area contributed by atoms with E-state index in [0.717, 1.165) is 22.9 Å². The Hall–Kier alpha value is -2.28. The summed E-state index contributed by atoms with van der Waals surface area (Å²) in [7, 11) is 0. The first kappa shape index (κ1) is 15.1. The van der Waals surface area contributed by atoms with E-state index in [1.807, 2.05) is 31.2 Å². The normalized spacial score (nSPS) is 19.4. The van der Waals surface area contributed by atoms with E-state index in [1.165, 1.54) is 0 Å². The van der Waals surface area contributed by atoms with E-state index in [1.54, 1.807) is 0 Å². The van der Waals surface area contributed by atoms with Crippen molar-refractivity contribution in [3.05, 3.63) is 42.0 Å². The van der Waals surface area contributed by atoms with E-state index in [9.17, 15) is 14.7 Å². The van der Waals surface area contributed by atoms with E-state index in [4.69, 9.17) is 0 Å². The molecule has 1 heterocycles. The summed E-state index contributed by atoms with van der Waals surface area (Å²) in [6, 6.07) is 7.73. The molecule has 21 heavy (non-hydrogen) atoms. The van der Waals surface area contributed by atoms with Crippen molar-refractivity contribution < 1.29 is 14.7 Å². The van der Waals surface area contributed by atoms with Crippen molar-refractivity contribution in [1.29, 1.82) is 0 Å². The zero-order valence-electron chi connectivity index (χ0n) is 11.4. The molecule has 0 aliphatic carbocycles. The molecular formula is C14H14N3O3S-. The van der Waals surface area contributed by atoms with Gasteiger partial charge in [-0.05, 0) is 12.5 Å². The van der Waals surface area contributed by atoms with Crippen LogP contribution in [0.5, 0.6) is 0 Å². The number of hydrazone groups is 1. The molecule has 110 valence electrons. The maximum atomic E-state index is 11.5. The van der Waals surface area contributed by atoms with Crippen LogP contribution in [0, 0.1) is 6.92 Å². The van der Waals surface area contributed by atoms with Crippen LogP contribution in [0.25, 0.3) is 5.70 Å². The summed E-state index contributed by atoms with van der Waals surface area (Å²) in [5, 5.41) is 16.6. The second kappa shape index (κ2) is 6.45. The molecule has 1 aromatic rings. The molecule has 1 aliphatic rings. The first-order valence-electron chi connectivity index (χ1n) is 6.22. The predicted molar refractivity (Wildman–Crippen MR) is 79.9 cm³/mol. The highest BCUT2D eigenvalue weighted by Gasteiger charge is 2.30. The maximum absolute atomic E-state index is 11.5. The number of carbonyl (C=O) groups excluding carboxylic acids is 2. The van der Waals surface area contributed by atoms with Gasteiger partial charge in [-0.3, -0.25) is 10.2 Å². The molecule has 2 N–H and O–H groups in total. The number of aliphatic carboxylic acids is 1. The van der Waals surface area contributed by atoms with Crippen LogP contribution < -0.4 is 15.8 Å². The Morgan fingerprint density at radius 3 is 2.76 bits per heavy atom. The first-order chi connectivity index (χ1) is 9.95. The molecule has 7 heteroatoms. The van der Waals surface area contributed by atoms with E-state index < -0.39 is 11.2 Å². The fourth-order valence-corrected chi connectivity index (χ4v) is 2.59. The molecule has 0 spiro atoms. The number of rotatable bonds is 5. The number of benzene rings is 1. The average molecular weight is 304 g/mol. The SMILES string of the molecule is C=C(N/N=C1/NC(=O)C(CC(=O)[O-])S1)c1ccc(C)cc1. The summed E-state index contributed by atoms with van der Waals surface area (Å²) in [4.78, 5) is 22.0. The Morgan fingerprint density at radius 1 is 1.48 bits per heavy atom. The Labute approximate surface area is 126 Å². The van der Waals surface area contributed by atoms with Crippen LogP contribution in [0.3, 0.4) is 0 Å². The molecule has 1 aromatic carbocycles. The van der Waals surface area contributed by atoms with Gasteiger partial charge in [-0.25, -0.2) is 0 Å². The zero-order valence-corrected chi connectivity index (χ0v) is 12.2. The van der Waals surface area contributed by atoms with Crippen LogP contribution in [0.1, 0.15) is 17.5 Å². The van der Waals surface area contributed by atoms with Gasteiger partial charge in [-0.2, -0.15) is 0 Å². The summed E-state index contributed by atoms with van der Waals surface area (Å²) in [6.45, 7) is 5.85. The molecule has 0 bridgehead atoms. The highest BCUT2D eigenvalue weighted by atomic mass is 32.2. The van der Waals surface area contributed by atoms with E-state index in [2.05, 4.69) is 22.4 Å². The molecule has 1 amide bonds. The Bertz CT molecular complexity index is 610. The standard InChI is InChI=1S/C14H15N3O3S/c1-8-3-5-10(6-4-8)9(2)16-17-14-15-13(20)11(21-14)7-12(18)19/h3-6,11,16H,2,7H2,1H3,(H,18,19)(H,15,17,20)/p-1. The lowest BCUT2D eigenvalue weighted by atomic mass is 10.1. The van der Waals surface area contributed by atoms with Crippen LogP contribution in [-0.2, 0) is 9.59 Å². The lowest BCUT2D eigenvalue weighted by Crippen LogP contribution is -2.31. The number of carboxylic acids is 1. The van der Waals surface area contributed by atoms with Gasteiger partial charge in [0.05, 0.1) is 10.9 Å². The zero-order chi connectivity index (χ0) is 15.4. The number of carboxylic acid groups (broad SMARTS) is 1.